The van der Waals surface area contributed by atoms with Crippen molar-refractivity contribution in [2.75, 3.05) is 6.54 Å². The van der Waals surface area contributed by atoms with Gasteiger partial charge in [-0.3, -0.25) is 0 Å². The molecule has 1 aliphatic rings. The Kier molecular flexibility index (Phi) is 3.99. The van der Waals surface area contributed by atoms with Crippen LogP contribution in [0.15, 0.2) is 6.33 Å². The van der Waals surface area contributed by atoms with Crippen molar-refractivity contribution in [2.24, 2.45) is 0 Å². The number of hydrogen-bond donors (Lipinski definition) is 1. The lowest BCUT2D eigenvalue weighted by Gasteiger charge is -2.16. The molecule has 0 fully saturated rings. The summed E-state index contributed by atoms with van der Waals surface area (Å²) in [5, 5.41) is 3.45. The molecular weight excluding hydrogens is 198 g/mol. The highest BCUT2D eigenvalue weighted by Crippen LogP contribution is 2.20. The quantitative estimate of drug-likeness (QED) is 0.825. The topological polar surface area (TPSA) is 29.9 Å². The van der Waals surface area contributed by atoms with Gasteiger partial charge in [-0.1, -0.05) is 6.92 Å². The lowest BCUT2D eigenvalue weighted by molar-refractivity contribution is 0.477. The van der Waals surface area contributed by atoms with Gasteiger partial charge in [0.1, 0.15) is 0 Å². The Balaban J connectivity index is 1.92. The number of aryl methyl sites for hydroxylation is 2. The Labute approximate surface area is 98.3 Å². The Morgan fingerprint density at radius 3 is 3.06 bits per heavy atom. The fourth-order valence-corrected chi connectivity index (χ4v) is 2.51. The summed E-state index contributed by atoms with van der Waals surface area (Å²) < 4.78 is 2.36. The van der Waals surface area contributed by atoms with Crippen LogP contribution in [-0.2, 0) is 19.4 Å². The molecule has 0 radical (unpaired) electrons. The minimum absolute atomic E-state index is 0.603. The molecule has 0 saturated carbocycles. The first-order valence-corrected chi connectivity index (χ1v) is 6.57. The molecule has 1 aliphatic carbocycles. The van der Waals surface area contributed by atoms with Crippen molar-refractivity contribution in [3.63, 3.8) is 0 Å². The van der Waals surface area contributed by atoms with Crippen molar-refractivity contribution in [1.82, 2.24) is 14.9 Å². The van der Waals surface area contributed by atoms with E-state index < -0.39 is 0 Å². The van der Waals surface area contributed by atoms with Gasteiger partial charge in [-0.05, 0) is 45.6 Å². The maximum absolute atomic E-state index is 4.52. The lowest BCUT2D eigenvalue weighted by Crippen LogP contribution is -2.27. The molecule has 0 aromatic carbocycles. The molecule has 16 heavy (non-hydrogen) atoms. The Hall–Kier alpha value is -0.830. The molecule has 0 amide bonds. The third-order valence-electron chi connectivity index (χ3n) is 3.47. The van der Waals surface area contributed by atoms with Crippen LogP contribution in [-0.4, -0.2) is 22.1 Å². The fourth-order valence-electron chi connectivity index (χ4n) is 2.51. The first kappa shape index (κ1) is 11.6. The van der Waals surface area contributed by atoms with Crippen LogP contribution < -0.4 is 5.32 Å². The van der Waals surface area contributed by atoms with Gasteiger partial charge in [0.15, 0.2) is 0 Å². The zero-order chi connectivity index (χ0) is 11.4. The molecule has 0 spiro atoms. The van der Waals surface area contributed by atoms with Crippen molar-refractivity contribution in [3.05, 3.63) is 17.7 Å². The summed E-state index contributed by atoms with van der Waals surface area (Å²) in [6, 6.07) is 0.603. The molecule has 0 bridgehead atoms. The smallest absolute Gasteiger partial charge is 0.0951 e. The van der Waals surface area contributed by atoms with E-state index in [9.17, 15) is 0 Å². The summed E-state index contributed by atoms with van der Waals surface area (Å²) >= 11 is 0. The summed E-state index contributed by atoms with van der Waals surface area (Å²) in [7, 11) is 0. The molecule has 2 rings (SSSR count). The number of fused-ring (bicyclic) bond motifs is 1. The molecule has 1 aromatic heterocycles. The lowest BCUT2D eigenvalue weighted by atomic mass is 10.0. The largest absolute Gasteiger partial charge is 0.334 e. The van der Waals surface area contributed by atoms with Crippen LogP contribution in [0.2, 0.25) is 0 Å². The molecule has 3 nitrogen and oxygen atoms in total. The van der Waals surface area contributed by atoms with Crippen molar-refractivity contribution >= 4 is 0 Å². The number of imidazole rings is 1. The number of aromatic nitrogens is 2. The Morgan fingerprint density at radius 2 is 2.25 bits per heavy atom. The Morgan fingerprint density at radius 1 is 1.44 bits per heavy atom. The number of nitrogens with zero attached hydrogens (tertiary/aromatic N) is 2. The second-order valence-corrected chi connectivity index (χ2v) is 4.79. The van der Waals surface area contributed by atoms with Crippen LogP contribution in [0.4, 0.5) is 0 Å². The molecule has 0 saturated heterocycles. The van der Waals surface area contributed by atoms with Gasteiger partial charge < -0.3 is 9.88 Å². The van der Waals surface area contributed by atoms with E-state index in [1.54, 1.807) is 0 Å². The van der Waals surface area contributed by atoms with Crippen LogP contribution in [0.25, 0.3) is 0 Å². The minimum Gasteiger partial charge on any atom is -0.334 e. The predicted octanol–water partition coefficient (Wildman–Crippen LogP) is 2.15. The summed E-state index contributed by atoms with van der Waals surface area (Å²) in [4.78, 5) is 4.52. The average molecular weight is 221 g/mol. The standard InChI is InChI=1S/C13H23N3/c1-3-14-11(2)8-9-16-10-15-12-6-4-5-7-13(12)16/h10-11,14H,3-9H2,1-2H3. The van der Waals surface area contributed by atoms with Crippen molar-refractivity contribution in [2.45, 2.75) is 58.5 Å². The first-order chi connectivity index (χ1) is 7.81. The predicted molar refractivity (Wildman–Crippen MR) is 66.6 cm³/mol. The maximum atomic E-state index is 4.52. The van der Waals surface area contributed by atoms with Gasteiger partial charge in [0.2, 0.25) is 0 Å². The van der Waals surface area contributed by atoms with E-state index in [1.807, 2.05) is 6.33 Å². The molecule has 1 aromatic rings. The molecule has 1 atom stereocenters. The maximum Gasteiger partial charge on any atom is 0.0951 e. The first-order valence-electron chi connectivity index (χ1n) is 6.57. The van der Waals surface area contributed by atoms with E-state index in [4.69, 9.17) is 0 Å². The number of nitrogens with one attached hydrogen (secondary N) is 1. The van der Waals surface area contributed by atoms with E-state index in [0.29, 0.717) is 6.04 Å². The second-order valence-electron chi connectivity index (χ2n) is 4.79. The second kappa shape index (κ2) is 5.48. The molecular formula is C13H23N3. The molecule has 0 aliphatic heterocycles. The zero-order valence-corrected chi connectivity index (χ0v) is 10.5. The molecule has 1 N–H and O–H groups in total. The van der Waals surface area contributed by atoms with Crippen molar-refractivity contribution < 1.29 is 0 Å². The summed E-state index contributed by atoms with van der Waals surface area (Å²) in [6.07, 6.45) is 8.29. The molecule has 1 heterocycles. The van der Waals surface area contributed by atoms with Crippen LogP contribution in [0, 0.1) is 0 Å². The number of hydrogen-bond acceptors (Lipinski definition) is 2. The van der Waals surface area contributed by atoms with Crippen molar-refractivity contribution in [1.29, 1.82) is 0 Å². The monoisotopic (exact) mass is 221 g/mol. The van der Waals surface area contributed by atoms with Crippen LogP contribution >= 0.6 is 0 Å². The highest BCUT2D eigenvalue weighted by molar-refractivity contribution is 5.16. The summed E-state index contributed by atoms with van der Waals surface area (Å²) in [5.74, 6) is 0. The van der Waals surface area contributed by atoms with Gasteiger partial charge in [-0.25, -0.2) is 4.98 Å². The van der Waals surface area contributed by atoms with E-state index in [2.05, 4.69) is 28.7 Å². The third-order valence-corrected chi connectivity index (χ3v) is 3.47. The van der Waals surface area contributed by atoms with Crippen molar-refractivity contribution in [3.8, 4) is 0 Å². The van der Waals surface area contributed by atoms with Gasteiger partial charge in [0.25, 0.3) is 0 Å². The van der Waals surface area contributed by atoms with Gasteiger partial charge in [0.05, 0.1) is 12.0 Å². The fraction of sp³-hybridized carbons (Fsp3) is 0.769. The van der Waals surface area contributed by atoms with E-state index in [1.165, 1.54) is 43.5 Å². The SMILES string of the molecule is CCNC(C)CCn1cnc2c1CCCC2. The average Bonchev–Trinajstić information content (AvgIpc) is 2.70. The highest BCUT2D eigenvalue weighted by atomic mass is 15.1. The zero-order valence-electron chi connectivity index (χ0n) is 10.5. The number of rotatable bonds is 5. The third kappa shape index (κ3) is 2.64. The van der Waals surface area contributed by atoms with Gasteiger partial charge in [-0.2, -0.15) is 0 Å². The minimum atomic E-state index is 0.603. The molecule has 3 heteroatoms. The van der Waals surface area contributed by atoms with Gasteiger partial charge >= 0.3 is 0 Å². The van der Waals surface area contributed by atoms with E-state index in [0.717, 1.165) is 13.1 Å². The van der Waals surface area contributed by atoms with E-state index in [-0.39, 0.29) is 0 Å². The van der Waals surface area contributed by atoms with Gasteiger partial charge in [-0.15, -0.1) is 0 Å². The van der Waals surface area contributed by atoms with Gasteiger partial charge in [0, 0.05) is 18.3 Å². The van der Waals surface area contributed by atoms with Crippen LogP contribution in [0.5, 0.6) is 0 Å². The normalized spacial score (nSPS) is 17.1. The van der Waals surface area contributed by atoms with Crippen LogP contribution in [0.1, 0.15) is 44.5 Å². The molecule has 1 unspecified atom stereocenters. The summed E-state index contributed by atoms with van der Waals surface area (Å²) in [5.41, 5.74) is 2.84. The Bertz CT molecular complexity index is 330. The highest BCUT2D eigenvalue weighted by Gasteiger charge is 2.15. The van der Waals surface area contributed by atoms with Crippen LogP contribution in [0.3, 0.4) is 0 Å². The van der Waals surface area contributed by atoms with E-state index >= 15 is 0 Å². The summed E-state index contributed by atoms with van der Waals surface area (Å²) in [6.45, 7) is 6.59. The molecule has 90 valence electrons.